The van der Waals surface area contributed by atoms with Gasteiger partial charge >= 0.3 is 0 Å². The normalized spacial score (nSPS) is 21.6. The van der Waals surface area contributed by atoms with E-state index in [0.29, 0.717) is 0 Å². The van der Waals surface area contributed by atoms with Gasteiger partial charge in [-0.25, -0.2) is 0 Å². The maximum atomic E-state index is 5.79. The van der Waals surface area contributed by atoms with Crippen LogP contribution < -0.4 is 5.73 Å². The summed E-state index contributed by atoms with van der Waals surface area (Å²) in [6.45, 7) is 0. The van der Waals surface area contributed by atoms with Gasteiger partial charge in [-0.05, 0) is 30.9 Å². The van der Waals surface area contributed by atoms with Crippen LogP contribution in [0.1, 0.15) is 18.4 Å². The fraction of sp³-hybridized carbons (Fsp3) is 0.364. The van der Waals surface area contributed by atoms with Crippen molar-refractivity contribution in [1.29, 1.82) is 0 Å². The molecule has 1 atom stereocenters. The number of nitrogens with two attached hydrogens (primary N) is 1. The van der Waals surface area contributed by atoms with Crippen LogP contribution in [0.25, 0.3) is 0 Å². The van der Waals surface area contributed by atoms with Crippen LogP contribution in [-0.4, -0.2) is 11.0 Å². The van der Waals surface area contributed by atoms with Crippen LogP contribution in [0.15, 0.2) is 36.2 Å². The Bertz CT molecular complexity index is 303. The van der Waals surface area contributed by atoms with Crippen LogP contribution in [0.5, 0.6) is 0 Å². The third-order valence-corrected chi connectivity index (χ3v) is 2.40. The van der Waals surface area contributed by atoms with Crippen molar-refractivity contribution in [1.82, 2.24) is 4.98 Å². The van der Waals surface area contributed by atoms with Gasteiger partial charge in [0.25, 0.3) is 0 Å². The maximum Gasteiger partial charge on any atom is 0.0303 e. The fourth-order valence-electron chi connectivity index (χ4n) is 1.73. The Morgan fingerprint density at radius 3 is 3.08 bits per heavy atom. The second-order valence-electron chi connectivity index (χ2n) is 3.57. The Balaban J connectivity index is 2.03. The summed E-state index contributed by atoms with van der Waals surface area (Å²) < 4.78 is 0. The Morgan fingerprint density at radius 1 is 1.54 bits per heavy atom. The third kappa shape index (κ3) is 2.16. The molecule has 1 aromatic heterocycles. The van der Waals surface area contributed by atoms with Crippen molar-refractivity contribution < 1.29 is 0 Å². The second-order valence-corrected chi connectivity index (χ2v) is 3.57. The average Bonchev–Trinajstić information content (AvgIpc) is 2.53. The third-order valence-electron chi connectivity index (χ3n) is 2.40. The van der Waals surface area contributed by atoms with E-state index in [9.17, 15) is 0 Å². The predicted octanol–water partition coefficient (Wildman–Crippen LogP) is 1.67. The summed E-state index contributed by atoms with van der Waals surface area (Å²) >= 11 is 0. The van der Waals surface area contributed by atoms with Gasteiger partial charge in [-0.2, -0.15) is 0 Å². The molecule has 1 aromatic rings. The van der Waals surface area contributed by atoms with Crippen molar-refractivity contribution >= 4 is 0 Å². The molecule has 0 radical (unpaired) electrons. The monoisotopic (exact) mass is 174 g/mol. The summed E-state index contributed by atoms with van der Waals surface area (Å²) in [6.07, 6.45) is 9.18. The standard InChI is InChI=1S/C11H14N2/c12-11-4-3-9(7-11)6-10-2-1-5-13-8-10/h1-2,5,7-8,11H,3-4,6,12H2. The van der Waals surface area contributed by atoms with Gasteiger partial charge < -0.3 is 5.73 Å². The maximum absolute atomic E-state index is 5.79. The van der Waals surface area contributed by atoms with Crippen molar-refractivity contribution in [2.45, 2.75) is 25.3 Å². The number of hydrogen-bond acceptors (Lipinski definition) is 2. The van der Waals surface area contributed by atoms with E-state index in [2.05, 4.69) is 17.1 Å². The highest BCUT2D eigenvalue weighted by Crippen LogP contribution is 2.20. The minimum absolute atomic E-state index is 0.284. The molecule has 2 heteroatoms. The van der Waals surface area contributed by atoms with E-state index in [0.717, 1.165) is 19.3 Å². The molecule has 0 bridgehead atoms. The summed E-state index contributed by atoms with van der Waals surface area (Å²) in [7, 11) is 0. The van der Waals surface area contributed by atoms with E-state index in [-0.39, 0.29) is 6.04 Å². The molecule has 1 heterocycles. The average molecular weight is 174 g/mol. The molecule has 13 heavy (non-hydrogen) atoms. The summed E-state index contributed by atoms with van der Waals surface area (Å²) in [5, 5.41) is 0. The lowest BCUT2D eigenvalue weighted by Crippen LogP contribution is -2.11. The number of rotatable bonds is 2. The number of allylic oxidation sites excluding steroid dienone is 1. The van der Waals surface area contributed by atoms with Crippen molar-refractivity contribution in [2.24, 2.45) is 5.73 Å². The van der Waals surface area contributed by atoms with E-state index in [1.54, 1.807) is 6.20 Å². The van der Waals surface area contributed by atoms with Gasteiger partial charge in [0.1, 0.15) is 0 Å². The van der Waals surface area contributed by atoms with E-state index in [1.165, 1.54) is 11.1 Å². The van der Waals surface area contributed by atoms with Crippen LogP contribution in [-0.2, 0) is 6.42 Å². The van der Waals surface area contributed by atoms with Crippen molar-refractivity contribution in [3.8, 4) is 0 Å². The Hall–Kier alpha value is -1.15. The van der Waals surface area contributed by atoms with Gasteiger partial charge in [0.15, 0.2) is 0 Å². The predicted molar refractivity (Wildman–Crippen MR) is 53.2 cm³/mol. The molecule has 0 saturated carbocycles. The van der Waals surface area contributed by atoms with Crippen LogP contribution in [0.3, 0.4) is 0 Å². The van der Waals surface area contributed by atoms with Gasteiger partial charge in [0.2, 0.25) is 0 Å². The number of nitrogens with zero attached hydrogens (tertiary/aromatic N) is 1. The van der Waals surface area contributed by atoms with Crippen LogP contribution in [0, 0.1) is 0 Å². The first kappa shape index (κ1) is 8.45. The topological polar surface area (TPSA) is 38.9 Å². The smallest absolute Gasteiger partial charge is 0.0303 e. The van der Waals surface area contributed by atoms with E-state index >= 15 is 0 Å². The SMILES string of the molecule is NC1C=C(Cc2cccnc2)CC1. The largest absolute Gasteiger partial charge is 0.324 e. The minimum atomic E-state index is 0.284. The molecule has 0 saturated heterocycles. The first-order valence-electron chi connectivity index (χ1n) is 4.68. The highest BCUT2D eigenvalue weighted by Gasteiger charge is 2.11. The van der Waals surface area contributed by atoms with Crippen LogP contribution >= 0.6 is 0 Å². The van der Waals surface area contributed by atoms with Crippen LogP contribution in [0.4, 0.5) is 0 Å². The molecule has 0 fully saturated rings. The highest BCUT2D eigenvalue weighted by molar-refractivity contribution is 5.22. The molecule has 1 unspecified atom stereocenters. The molecular weight excluding hydrogens is 160 g/mol. The molecule has 0 spiro atoms. The van der Waals surface area contributed by atoms with Crippen LogP contribution in [0.2, 0.25) is 0 Å². The van der Waals surface area contributed by atoms with Gasteiger partial charge in [-0.3, -0.25) is 4.98 Å². The molecule has 0 amide bonds. The number of pyridine rings is 1. The summed E-state index contributed by atoms with van der Waals surface area (Å²) in [4.78, 5) is 4.09. The molecule has 1 aliphatic rings. The lowest BCUT2D eigenvalue weighted by molar-refractivity contribution is 0.769. The lowest BCUT2D eigenvalue weighted by Gasteiger charge is -1.99. The Kier molecular flexibility index (Phi) is 2.41. The highest BCUT2D eigenvalue weighted by atomic mass is 14.6. The molecule has 2 rings (SSSR count). The number of aromatic nitrogens is 1. The molecule has 68 valence electrons. The van der Waals surface area contributed by atoms with Gasteiger partial charge in [-0.1, -0.05) is 17.7 Å². The zero-order valence-corrected chi connectivity index (χ0v) is 7.61. The molecule has 1 aliphatic carbocycles. The van der Waals surface area contributed by atoms with Gasteiger partial charge in [0, 0.05) is 18.4 Å². The molecule has 2 N–H and O–H groups in total. The molecule has 0 aliphatic heterocycles. The summed E-state index contributed by atoms with van der Waals surface area (Å²) in [5.74, 6) is 0. The Morgan fingerprint density at radius 2 is 2.46 bits per heavy atom. The quantitative estimate of drug-likeness (QED) is 0.693. The van der Waals surface area contributed by atoms with E-state index in [4.69, 9.17) is 5.73 Å². The van der Waals surface area contributed by atoms with Gasteiger partial charge in [0.05, 0.1) is 0 Å². The van der Waals surface area contributed by atoms with Crippen molar-refractivity contribution in [3.05, 3.63) is 41.7 Å². The zero-order valence-electron chi connectivity index (χ0n) is 7.61. The Labute approximate surface area is 78.5 Å². The molecular formula is C11H14N2. The minimum Gasteiger partial charge on any atom is -0.324 e. The summed E-state index contributed by atoms with van der Waals surface area (Å²) in [6, 6.07) is 4.37. The zero-order chi connectivity index (χ0) is 9.10. The van der Waals surface area contributed by atoms with Gasteiger partial charge in [-0.15, -0.1) is 0 Å². The first-order valence-corrected chi connectivity index (χ1v) is 4.68. The number of hydrogen-bond donors (Lipinski definition) is 1. The second kappa shape index (κ2) is 3.71. The summed E-state index contributed by atoms with van der Waals surface area (Å²) in [5.41, 5.74) is 8.53. The fourth-order valence-corrected chi connectivity index (χ4v) is 1.73. The van der Waals surface area contributed by atoms with Crippen molar-refractivity contribution in [3.63, 3.8) is 0 Å². The molecule has 0 aromatic carbocycles. The first-order chi connectivity index (χ1) is 6.34. The lowest BCUT2D eigenvalue weighted by atomic mass is 10.1. The van der Waals surface area contributed by atoms with E-state index in [1.807, 2.05) is 12.3 Å². The van der Waals surface area contributed by atoms with Crippen molar-refractivity contribution in [2.75, 3.05) is 0 Å². The van der Waals surface area contributed by atoms with E-state index < -0.39 is 0 Å². The molecule has 2 nitrogen and oxygen atoms in total.